The molecule has 0 aliphatic carbocycles. The first-order valence-electron chi connectivity index (χ1n) is 10.2. The van der Waals surface area contributed by atoms with E-state index in [1.165, 1.54) is 0 Å². The van der Waals surface area contributed by atoms with E-state index >= 15 is 0 Å². The summed E-state index contributed by atoms with van der Waals surface area (Å²) in [7, 11) is 1.81. The summed E-state index contributed by atoms with van der Waals surface area (Å²) in [6.45, 7) is 0.174. The normalized spacial score (nSPS) is 12.0. The van der Waals surface area contributed by atoms with Crippen molar-refractivity contribution in [2.75, 3.05) is 6.54 Å². The van der Waals surface area contributed by atoms with Crippen LogP contribution in [0.25, 0.3) is 5.65 Å². The molecule has 0 bridgehead atoms. The molecule has 0 spiro atoms. The van der Waals surface area contributed by atoms with E-state index in [1.807, 2.05) is 60.4 Å². The van der Waals surface area contributed by atoms with Gasteiger partial charge in [-0.25, -0.2) is 4.98 Å². The second kappa shape index (κ2) is 9.69. The Hall–Kier alpha value is -3.59. The van der Waals surface area contributed by atoms with Crippen molar-refractivity contribution in [1.82, 2.24) is 24.5 Å². The molecule has 3 N–H and O–H groups in total. The molecular weight excluding hydrogens is 424 g/mol. The van der Waals surface area contributed by atoms with Crippen molar-refractivity contribution in [1.29, 1.82) is 0 Å². The third-order valence-corrected chi connectivity index (χ3v) is 6.11. The molecule has 4 rings (SSSR count). The van der Waals surface area contributed by atoms with Crippen LogP contribution < -0.4 is 11.1 Å². The molecule has 0 fully saturated rings. The van der Waals surface area contributed by atoms with Gasteiger partial charge in [-0.15, -0.1) is 11.8 Å². The summed E-state index contributed by atoms with van der Waals surface area (Å²) >= 11 is 1.66. The number of imidazole rings is 1. The Morgan fingerprint density at radius 1 is 1.16 bits per heavy atom. The lowest BCUT2D eigenvalue weighted by Crippen LogP contribution is -2.37. The van der Waals surface area contributed by atoms with E-state index in [4.69, 9.17) is 5.73 Å². The third kappa shape index (κ3) is 5.36. The van der Waals surface area contributed by atoms with E-state index < -0.39 is 11.8 Å². The molecule has 0 aliphatic rings. The fraction of sp³-hybridized carbons (Fsp3) is 0.217. The summed E-state index contributed by atoms with van der Waals surface area (Å²) in [5, 5.41) is 6.91. The summed E-state index contributed by atoms with van der Waals surface area (Å²) in [5.74, 6) is -0.447. The van der Waals surface area contributed by atoms with Crippen LogP contribution in [0.15, 0.2) is 72.1 Å². The number of carbonyl (C=O) groups is 2. The molecule has 1 atom stereocenters. The average molecular weight is 449 g/mol. The monoisotopic (exact) mass is 448 g/mol. The number of amides is 2. The lowest BCUT2D eigenvalue weighted by Gasteiger charge is -2.13. The van der Waals surface area contributed by atoms with Crippen molar-refractivity contribution >= 4 is 29.2 Å². The summed E-state index contributed by atoms with van der Waals surface area (Å²) in [6.07, 6.45) is 7.96. The van der Waals surface area contributed by atoms with Crippen LogP contribution in [-0.2, 0) is 24.0 Å². The molecular formula is C23H24N6O2S. The Balaban J connectivity index is 1.30. The Morgan fingerprint density at radius 2 is 1.97 bits per heavy atom. The van der Waals surface area contributed by atoms with Crippen molar-refractivity contribution in [3.8, 4) is 0 Å². The van der Waals surface area contributed by atoms with Crippen LogP contribution in [0.5, 0.6) is 0 Å². The van der Waals surface area contributed by atoms with Crippen LogP contribution >= 0.6 is 11.8 Å². The van der Waals surface area contributed by atoms with Crippen LogP contribution in [0, 0.1) is 5.92 Å². The minimum atomic E-state index is -0.497. The number of fused-ring (bicyclic) bond motifs is 1. The van der Waals surface area contributed by atoms with Gasteiger partial charge in [0.25, 0.3) is 5.91 Å². The molecule has 1 aromatic carbocycles. The number of thioether (sulfide) groups is 1. The number of aromatic nitrogens is 4. The van der Waals surface area contributed by atoms with Gasteiger partial charge >= 0.3 is 0 Å². The second-order valence-corrected chi connectivity index (χ2v) is 8.60. The topological polar surface area (TPSA) is 107 Å². The van der Waals surface area contributed by atoms with Crippen LogP contribution in [0.4, 0.5) is 0 Å². The summed E-state index contributed by atoms with van der Waals surface area (Å²) in [4.78, 5) is 29.9. The molecule has 4 aromatic rings. The second-order valence-electron chi connectivity index (χ2n) is 7.55. The molecule has 9 heteroatoms. The highest BCUT2D eigenvalue weighted by Crippen LogP contribution is 2.23. The van der Waals surface area contributed by atoms with Crippen molar-refractivity contribution in [3.05, 3.63) is 84.1 Å². The first-order valence-corrected chi connectivity index (χ1v) is 11.2. The van der Waals surface area contributed by atoms with Gasteiger partial charge in [0, 0.05) is 48.4 Å². The zero-order valence-electron chi connectivity index (χ0n) is 17.6. The molecule has 1 unspecified atom stereocenters. The Labute approximate surface area is 189 Å². The number of aryl methyl sites for hydroxylation is 1. The quantitative estimate of drug-likeness (QED) is 0.383. The highest BCUT2D eigenvalue weighted by Gasteiger charge is 2.18. The number of nitrogens with zero attached hydrogens (tertiary/aromatic N) is 4. The number of primary amides is 1. The lowest BCUT2D eigenvalue weighted by atomic mass is 10.0. The van der Waals surface area contributed by atoms with Gasteiger partial charge in [0.15, 0.2) is 0 Å². The number of nitrogens with two attached hydrogens (primary N) is 1. The van der Waals surface area contributed by atoms with E-state index in [0.717, 1.165) is 27.6 Å². The molecule has 164 valence electrons. The van der Waals surface area contributed by atoms with Crippen molar-refractivity contribution in [2.24, 2.45) is 18.7 Å². The van der Waals surface area contributed by atoms with Crippen molar-refractivity contribution < 1.29 is 9.59 Å². The molecule has 2 amide bonds. The maximum Gasteiger partial charge on any atom is 0.251 e. The molecule has 3 heterocycles. The fourth-order valence-corrected chi connectivity index (χ4v) is 4.15. The number of pyridine rings is 1. The van der Waals surface area contributed by atoms with E-state index in [-0.39, 0.29) is 12.5 Å². The first kappa shape index (κ1) is 21.6. The van der Waals surface area contributed by atoms with Gasteiger partial charge in [0.2, 0.25) is 5.91 Å². The smallest absolute Gasteiger partial charge is 0.251 e. The van der Waals surface area contributed by atoms with Gasteiger partial charge in [-0.2, -0.15) is 5.10 Å². The molecule has 32 heavy (non-hydrogen) atoms. The summed E-state index contributed by atoms with van der Waals surface area (Å²) < 4.78 is 3.66. The maximum atomic E-state index is 12.5. The van der Waals surface area contributed by atoms with Gasteiger partial charge in [-0.05, 0) is 48.4 Å². The van der Waals surface area contributed by atoms with Crippen molar-refractivity contribution in [2.45, 2.75) is 17.1 Å². The maximum absolute atomic E-state index is 12.5. The Morgan fingerprint density at radius 3 is 2.66 bits per heavy atom. The first-order chi connectivity index (χ1) is 15.5. The van der Waals surface area contributed by atoms with Gasteiger partial charge < -0.3 is 15.5 Å². The zero-order valence-corrected chi connectivity index (χ0v) is 18.5. The SMILES string of the molecule is Cn1cc(CC(CNC(=O)c2ccc(SCc3cn4ccccc4n3)cc2)C(N)=O)cn1. The van der Waals surface area contributed by atoms with Gasteiger partial charge in [0.1, 0.15) is 5.65 Å². The van der Waals surface area contributed by atoms with E-state index in [9.17, 15) is 9.59 Å². The third-order valence-electron chi connectivity index (χ3n) is 5.07. The molecule has 3 aromatic heterocycles. The number of hydrogen-bond acceptors (Lipinski definition) is 5. The molecule has 0 saturated carbocycles. The predicted molar refractivity (Wildman–Crippen MR) is 123 cm³/mol. The zero-order chi connectivity index (χ0) is 22.5. The number of nitrogens with one attached hydrogen (secondary N) is 1. The minimum absolute atomic E-state index is 0.174. The average Bonchev–Trinajstić information content (AvgIpc) is 3.40. The highest BCUT2D eigenvalue weighted by molar-refractivity contribution is 7.98. The predicted octanol–water partition coefficient (Wildman–Crippen LogP) is 2.43. The van der Waals surface area contributed by atoms with E-state index in [2.05, 4.69) is 15.4 Å². The molecule has 0 aliphatic heterocycles. The summed E-state index contributed by atoms with van der Waals surface area (Å²) in [6, 6.07) is 13.3. The number of hydrogen-bond donors (Lipinski definition) is 2. The van der Waals surface area contributed by atoms with Crippen LogP contribution in [0.2, 0.25) is 0 Å². The fourth-order valence-electron chi connectivity index (χ4n) is 3.37. The van der Waals surface area contributed by atoms with Gasteiger partial charge in [-0.3, -0.25) is 14.3 Å². The van der Waals surface area contributed by atoms with Gasteiger partial charge in [0.05, 0.1) is 17.8 Å². The van der Waals surface area contributed by atoms with Crippen LogP contribution in [-0.4, -0.2) is 37.5 Å². The molecule has 0 saturated heterocycles. The van der Waals surface area contributed by atoms with Crippen molar-refractivity contribution in [3.63, 3.8) is 0 Å². The standard InChI is InChI=1S/C23H24N6O2S/c1-28-13-16(11-26-28)10-18(22(24)30)12-25-23(31)17-5-7-20(8-6-17)32-15-19-14-29-9-3-2-4-21(29)27-19/h2-9,11,13-14,18H,10,12,15H2,1H3,(H2,24,30)(H,25,31). The Kier molecular flexibility index (Phi) is 6.55. The lowest BCUT2D eigenvalue weighted by molar-refractivity contribution is -0.121. The molecule has 0 radical (unpaired) electrons. The minimum Gasteiger partial charge on any atom is -0.369 e. The highest BCUT2D eigenvalue weighted by atomic mass is 32.2. The van der Waals surface area contributed by atoms with Gasteiger partial charge in [-0.1, -0.05) is 6.07 Å². The van der Waals surface area contributed by atoms with Crippen LogP contribution in [0.1, 0.15) is 21.6 Å². The number of carbonyl (C=O) groups excluding carboxylic acids is 2. The number of rotatable bonds is 9. The largest absolute Gasteiger partial charge is 0.369 e. The van der Waals surface area contributed by atoms with E-state index in [1.54, 1.807) is 34.8 Å². The van der Waals surface area contributed by atoms with E-state index in [0.29, 0.717) is 12.0 Å². The van der Waals surface area contributed by atoms with Crippen LogP contribution in [0.3, 0.4) is 0 Å². The molecule has 8 nitrogen and oxygen atoms in total. The number of benzene rings is 1. The Bertz CT molecular complexity index is 1200. The summed E-state index contributed by atoms with van der Waals surface area (Å²) in [5.41, 5.74) is 8.87.